The minimum Gasteiger partial charge on any atom is -0.481 e. The SMILES string of the molecule is O=C(O)CC(O)(CC=Cc1ccccc1)C(=O)O. The van der Waals surface area contributed by atoms with Crippen molar-refractivity contribution < 1.29 is 24.9 Å². The molecule has 0 aliphatic heterocycles. The summed E-state index contributed by atoms with van der Waals surface area (Å²) in [6.07, 6.45) is 1.99. The van der Waals surface area contributed by atoms with E-state index in [1.54, 1.807) is 6.08 Å². The van der Waals surface area contributed by atoms with Crippen LogP contribution in [0.4, 0.5) is 0 Å². The number of benzene rings is 1. The van der Waals surface area contributed by atoms with Crippen LogP contribution in [0.2, 0.25) is 0 Å². The first-order valence-corrected chi connectivity index (χ1v) is 5.33. The summed E-state index contributed by atoms with van der Waals surface area (Å²) >= 11 is 0. The van der Waals surface area contributed by atoms with Gasteiger partial charge in [0.2, 0.25) is 0 Å². The van der Waals surface area contributed by atoms with E-state index in [0.29, 0.717) is 0 Å². The summed E-state index contributed by atoms with van der Waals surface area (Å²) in [4.78, 5) is 21.4. The molecule has 1 unspecified atom stereocenters. The van der Waals surface area contributed by atoms with Crippen molar-refractivity contribution in [3.05, 3.63) is 42.0 Å². The van der Waals surface area contributed by atoms with E-state index in [-0.39, 0.29) is 6.42 Å². The average Bonchev–Trinajstić information content (AvgIpc) is 2.29. The Labute approximate surface area is 104 Å². The predicted molar refractivity (Wildman–Crippen MR) is 64.9 cm³/mol. The van der Waals surface area contributed by atoms with E-state index in [4.69, 9.17) is 10.2 Å². The van der Waals surface area contributed by atoms with Crippen LogP contribution in [0, 0.1) is 0 Å². The summed E-state index contributed by atoms with van der Waals surface area (Å²) in [6, 6.07) is 9.11. The number of aliphatic hydroxyl groups is 1. The molecule has 0 heterocycles. The molecule has 1 atom stereocenters. The molecule has 18 heavy (non-hydrogen) atoms. The number of hydrogen-bond acceptors (Lipinski definition) is 3. The third kappa shape index (κ3) is 4.03. The lowest BCUT2D eigenvalue weighted by Crippen LogP contribution is -2.40. The Morgan fingerprint density at radius 1 is 1.17 bits per heavy atom. The lowest BCUT2D eigenvalue weighted by molar-refractivity contribution is -0.164. The summed E-state index contributed by atoms with van der Waals surface area (Å²) in [7, 11) is 0. The molecular formula is C13H14O5. The lowest BCUT2D eigenvalue weighted by Gasteiger charge is -2.19. The third-order valence-corrected chi connectivity index (χ3v) is 2.41. The summed E-state index contributed by atoms with van der Waals surface area (Å²) < 4.78 is 0. The van der Waals surface area contributed by atoms with Crippen LogP contribution < -0.4 is 0 Å². The van der Waals surface area contributed by atoms with Gasteiger partial charge >= 0.3 is 11.9 Å². The van der Waals surface area contributed by atoms with Crippen LogP contribution in [0.25, 0.3) is 6.08 Å². The Morgan fingerprint density at radius 3 is 2.28 bits per heavy atom. The molecule has 0 saturated carbocycles. The van der Waals surface area contributed by atoms with Gasteiger partial charge in [-0.05, 0) is 5.56 Å². The van der Waals surface area contributed by atoms with Gasteiger partial charge in [0, 0.05) is 6.42 Å². The van der Waals surface area contributed by atoms with Crippen LogP contribution >= 0.6 is 0 Å². The molecule has 1 aromatic carbocycles. The summed E-state index contributed by atoms with van der Waals surface area (Å²) in [5.74, 6) is -2.89. The van der Waals surface area contributed by atoms with Gasteiger partial charge in [-0.15, -0.1) is 0 Å². The van der Waals surface area contributed by atoms with Crippen molar-refractivity contribution in [3.8, 4) is 0 Å². The van der Waals surface area contributed by atoms with Gasteiger partial charge in [-0.3, -0.25) is 4.79 Å². The van der Waals surface area contributed by atoms with E-state index in [2.05, 4.69) is 0 Å². The molecule has 1 rings (SSSR count). The second-order valence-corrected chi connectivity index (χ2v) is 3.92. The van der Waals surface area contributed by atoms with E-state index in [9.17, 15) is 14.7 Å². The second kappa shape index (κ2) is 5.97. The van der Waals surface area contributed by atoms with Gasteiger partial charge in [-0.2, -0.15) is 0 Å². The second-order valence-electron chi connectivity index (χ2n) is 3.92. The van der Waals surface area contributed by atoms with E-state index in [1.165, 1.54) is 6.08 Å². The Hall–Kier alpha value is -2.14. The third-order valence-electron chi connectivity index (χ3n) is 2.41. The van der Waals surface area contributed by atoms with Gasteiger partial charge in [0.05, 0.1) is 6.42 Å². The summed E-state index contributed by atoms with van der Waals surface area (Å²) in [6.45, 7) is 0. The van der Waals surface area contributed by atoms with Crippen molar-refractivity contribution in [3.63, 3.8) is 0 Å². The molecule has 0 fully saturated rings. The first-order chi connectivity index (χ1) is 8.44. The number of carboxylic acid groups (broad SMARTS) is 2. The van der Waals surface area contributed by atoms with Crippen molar-refractivity contribution in [2.45, 2.75) is 18.4 Å². The number of carbonyl (C=O) groups is 2. The molecule has 3 N–H and O–H groups in total. The molecule has 5 nitrogen and oxygen atoms in total. The van der Waals surface area contributed by atoms with Crippen molar-refractivity contribution in [1.82, 2.24) is 0 Å². The lowest BCUT2D eigenvalue weighted by atomic mass is 9.95. The van der Waals surface area contributed by atoms with E-state index < -0.39 is 24.0 Å². The maximum Gasteiger partial charge on any atom is 0.336 e. The van der Waals surface area contributed by atoms with Crippen molar-refractivity contribution in [2.24, 2.45) is 0 Å². The van der Waals surface area contributed by atoms with Gasteiger partial charge in [-0.1, -0.05) is 42.5 Å². The minimum atomic E-state index is -2.27. The van der Waals surface area contributed by atoms with Gasteiger partial charge in [0.15, 0.2) is 5.60 Å². The Balaban J connectivity index is 2.71. The van der Waals surface area contributed by atoms with E-state index in [0.717, 1.165) is 5.56 Å². The molecule has 0 aliphatic carbocycles. The number of rotatable bonds is 6. The zero-order valence-electron chi connectivity index (χ0n) is 9.61. The standard InChI is InChI=1S/C13H14O5/c14-11(15)9-13(18,12(16)17)8-4-7-10-5-2-1-3-6-10/h1-7,18H,8-9H2,(H,14,15)(H,16,17). The van der Waals surface area contributed by atoms with Gasteiger partial charge in [-0.25, -0.2) is 4.79 Å². The molecule has 0 radical (unpaired) electrons. The quantitative estimate of drug-likeness (QED) is 0.709. The average molecular weight is 250 g/mol. The highest BCUT2D eigenvalue weighted by Gasteiger charge is 2.37. The van der Waals surface area contributed by atoms with Crippen LogP contribution in [-0.4, -0.2) is 32.9 Å². The van der Waals surface area contributed by atoms with E-state index >= 15 is 0 Å². The molecular weight excluding hydrogens is 236 g/mol. The highest BCUT2D eigenvalue weighted by molar-refractivity contribution is 5.83. The maximum absolute atomic E-state index is 10.9. The smallest absolute Gasteiger partial charge is 0.336 e. The molecule has 5 heteroatoms. The van der Waals surface area contributed by atoms with Crippen LogP contribution in [0.1, 0.15) is 18.4 Å². The zero-order valence-corrected chi connectivity index (χ0v) is 9.61. The normalized spacial score (nSPS) is 14.3. The number of carboxylic acids is 2. The minimum absolute atomic E-state index is 0.260. The van der Waals surface area contributed by atoms with Crippen LogP contribution in [0.3, 0.4) is 0 Å². The van der Waals surface area contributed by atoms with E-state index in [1.807, 2.05) is 30.3 Å². The van der Waals surface area contributed by atoms with Gasteiger partial charge in [0.25, 0.3) is 0 Å². The summed E-state index contributed by atoms with van der Waals surface area (Å²) in [5, 5.41) is 27.1. The fourth-order valence-electron chi connectivity index (χ4n) is 1.44. The van der Waals surface area contributed by atoms with Gasteiger partial charge < -0.3 is 15.3 Å². The largest absolute Gasteiger partial charge is 0.481 e. The van der Waals surface area contributed by atoms with Crippen LogP contribution in [0.15, 0.2) is 36.4 Å². The predicted octanol–water partition coefficient (Wildman–Crippen LogP) is 1.38. The summed E-state index contributed by atoms with van der Waals surface area (Å²) in [5.41, 5.74) is -1.42. The molecule has 0 aliphatic rings. The molecule has 0 amide bonds. The number of aliphatic carboxylic acids is 2. The molecule has 1 aromatic rings. The van der Waals surface area contributed by atoms with Gasteiger partial charge in [0.1, 0.15) is 0 Å². The fraction of sp³-hybridized carbons (Fsp3) is 0.231. The Bertz CT molecular complexity index is 452. The van der Waals surface area contributed by atoms with Crippen molar-refractivity contribution in [2.75, 3.05) is 0 Å². The molecule has 96 valence electrons. The molecule has 0 aromatic heterocycles. The zero-order chi connectivity index (χ0) is 13.6. The highest BCUT2D eigenvalue weighted by Crippen LogP contribution is 2.17. The maximum atomic E-state index is 10.9. The molecule has 0 spiro atoms. The first-order valence-electron chi connectivity index (χ1n) is 5.33. The molecule has 0 saturated heterocycles. The highest BCUT2D eigenvalue weighted by atomic mass is 16.4. The number of hydrogen-bond donors (Lipinski definition) is 3. The van der Waals surface area contributed by atoms with Crippen molar-refractivity contribution >= 4 is 18.0 Å². The first kappa shape index (κ1) is 13.9. The van der Waals surface area contributed by atoms with Crippen LogP contribution in [0.5, 0.6) is 0 Å². The molecule has 0 bridgehead atoms. The monoisotopic (exact) mass is 250 g/mol. The topological polar surface area (TPSA) is 94.8 Å². The fourth-order valence-corrected chi connectivity index (χ4v) is 1.44. The Morgan fingerprint density at radius 2 is 1.78 bits per heavy atom. The Kier molecular flexibility index (Phi) is 4.62. The van der Waals surface area contributed by atoms with Crippen LogP contribution in [-0.2, 0) is 9.59 Å². The van der Waals surface area contributed by atoms with Crippen molar-refractivity contribution in [1.29, 1.82) is 0 Å².